The van der Waals surface area contributed by atoms with Crippen molar-refractivity contribution in [1.29, 1.82) is 0 Å². The Morgan fingerprint density at radius 1 is 1.00 bits per heavy atom. The van der Waals surface area contributed by atoms with E-state index >= 15 is 0 Å². The van der Waals surface area contributed by atoms with Crippen molar-refractivity contribution >= 4 is 17.6 Å². The lowest BCUT2D eigenvalue weighted by Crippen LogP contribution is -2.31. The smallest absolute Gasteiger partial charge is 0.412 e. The summed E-state index contributed by atoms with van der Waals surface area (Å²) >= 11 is 0. The maximum atomic E-state index is 12.8. The summed E-state index contributed by atoms with van der Waals surface area (Å²) in [4.78, 5) is 24.2. The van der Waals surface area contributed by atoms with Crippen molar-refractivity contribution in [3.8, 4) is 17.2 Å². The van der Waals surface area contributed by atoms with E-state index in [1.165, 1.54) is 20.1 Å². The van der Waals surface area contributed by atoms with Crippen molar-refractivity contribution in [3.63, 3.8) is 0 Å². The van der Waals surface area contributed by atoms with Crippen LogP contribution in [0, 0.1) is 0 Å². The Morgan fingerprint density at radius 3 is 2.29 bits per heavy atom. The summed E-state index contributed by atoms with van der Waals surface area (Å²) in [6.45, 7) is 1.24. The first-order valence-electron chi connectivity index (χ1n) is 10.7. The van der Waals surface area contributed by atoms with E-state index in [4.69, 9.17) is 14.2 Å². The molecule has 0 heterocycles. The zero-order chi connectivity index (χ0) is 24.5. The first-order valence-corrected chi connectivity index (χ1v) is 10.7. The van der Waals surface area contributed by atoms with Gasteiger partial charge in [-0.15, -0.1) is 0 Å². The van der Waals surface area contributed by atoms with E-state index in [0.717, 1.165) is 0 Å². The molecule has 0 unspecified atom stereocenters. The molecule has 3 aromatic carbocycles. The molecule has 3 N–H and O–H groups in total. The lowest BCUT2D eigenvalue weighted by molar-refractivity contribution is 0.00897. The number of Topliss-reactive ketones (excluding diaryl/α,β-unsaturated/α-hetero) is 1. The van der Waals surface area contributed by atoms with Gasteiger partial charge in [-0.2, -0.15) is 0 Å². The summed E-state index contributed by atoms with van der Waals surface area (Å²) in [7, 11) is 1.43. The molecule has 3 aromatic rings. The van der Waals surface area contributed by atoms with Crippen LogP contribution in [-0.4, -0.2) is 41.9 Å². The number of rotatable bonds is 10. The molecule has 0 fully saturated rings. The number of anilines is 1. The quantitative estimate of drug-likeness (QED) is 0.371. The predicted octanol–water partition coefficient (Wildman–Crippen LogP) is 4.72. The Hall–Kier alpha value is -4.04. The molecule has 0 radical (unpaired) electrons. The molecule has 1 amide bonds. The first-order chi connectivity index (χ1) is 16.4. The van der Waals surface area contributed by atoms with Gasteiger partial charge < -0.3 is 24.4 Å². The van der Waals surface area contributed by atoms with E-state index in [2.05, 4.69) is 5.32 Å². The van der Waals surface area contributed by atoms with Crippen LogP contribution < -0.4 is 14.8 Å². The highest BCUT2D eigenvalue weighted by atomic mass is 16.6. The van der Waals surface area contributed by atoms with Crippen molar-refractivity contribution in [2.24, 2.45) is 0 Å². The number of hydrogen-bond acceptors (Lipinski definition) is 7. The highest BCUT2D eigenvalue weighted by Gasteiger charge is 2.30. The molecular formula is C26H27NO7. The number of carbonyl (C=O) groups excluding carboxylic acids is 2. The van der Waals surface area contributed by atoms with Crippen molar-refractivity contribution < 1.29 is 34.0 Å². The lowest BCUT2D eigenvalue weighted by Gasteiger charge is -2.28. The molecular weight excluding hydrogens is 438 g/mol. The number of para-hydroxylation sites is 1. The van der Waals surface area contributed by atoms with Crippen LogP contribution in [0.2, 0.25) is 0 Å². The van der Waals surface area contributed by atoms with E-state index in [9.17, 15) is 19.8 Å². The Morgan fingerprint density at radius 2 is 1.71 bits per heavy atom. The van der Waals surface area contributed by atoms with Gasteiger partial charge in [0.25, 0.3) is 0 Å². The number of phenols is 1. The average molecular weight is 466 g/mol. The third kappa shape index (κ3) is 6.49. The van der Waals surface area contributed by atoms with Crippen LogP contribution in [0.5, 0.6) is 17.2 Å². The number of carbonyl (C=O) groups is 2. The van der Waals surface area contributed by atoms with Gasteiger partial charge in [0.15, 0.2) is 23.4 Å². The topological polar surface area (TPSA) is 114 Å². The summed E-state index contributed by atoms with van der Waals surface area (Å²) in [5.41, 5.74) is 1.41. The van der Waals surface area contributed by atoms with Gasteiger partial charge in [0.2, 0.25) is 0 Å². The minimum atomic E-state index is -0.972. The molecule has 34 heavy (non-hydrogen) atoms. The SMILES string of the molecule is COc1ccc([C@H](OC(=O)Nc2ccc(C(C)=O)cc2)[C@H](CCO)Oc2ccccc2)cc1O. The maximum absolute atomic E-state index is 12.8. The lowest BCUT2D eigenvalue weighted by atomic mass is 10.0. The average Bonchev–Trinajstić information content (AvgIpc) is 2.83. The number of aliphatic hydroxyl groups is 1. The zero-order valence-electron chi connectivity index (χ0n) is 18.9. The van der Waals surface area contributed by atoms with Gasteiger partial charge in [0.1, 0.15) is 11.9 Å². The summed E-state index contributed by atoms with van der Waals surface area (Å²) in [6, 6.07) is 20.0. The molecule has 8 heteroatoms. The van der Waals surface area contributed by atoms with Gasteiger partial charge in [-0.1, -0.05) is 24.3 Å². The molecule has 0 saturated heterocycles. The molecule has 3 rings (SSSR count). The number of methoxy groups -OCH3 is 1. The van der Waals surface area contributed by atoms with Crippen LogP contribution in [0.4, 0.5) is 10.5 Å². The number of aromatic hydroxyl groups is 1. The number of ether oxygens (including phenoxy) is 3. The summed E-state index contributed by atoms with van der Waals surface area (Å²) in [5, 5.41) is 22.6. The van der Waals surface area contributed by atoms with Crippen LogP contribution in [0.25, 0.3) is 0 Å². The molecule has 0 aliphatic heterocycles. The van der Waals surface area contributed by atoms with Gasteiger partial charge in [-0.25, -0.2) is 4.79 Å². The summed E-state index contributed by atoms with van der Waals surface area (Å²) in [6.07, 6.45) is -2.34. The third-order valence-corrected chi connectivity index (χ3v) is 5.09. The highest BCUT2D eigenvalue weighted by molar-refractivity contribution is 5.95. The number of benzene rings is 3. The number of aliphatic hydroxyl groups excluding tert-OH is 1. The van der Waals surface area contributed by atoms with Gasteiger partial charge in [0.05, 0.1) is 7.11 Å². The Labute approximate surface area is 197 Å². The van der Waals surface area contributed by atoms with Crippen LogP contribution in [0.3, 0.4) is 0 Å². The van der Waals surface area contributed by atoms with Crippen LogP contribution >= 0.6 is 0 Å². The van der Waals surface area contributed by atoms with Gasteiger partial charge in [0, 0.05) is 29.8 Å². The zero-order valence-corrected chi connectivity index (χ0v) is 18.9. The fraction of sp³-hybridized carbons (Fsp3) is 0.231. The van der Waals surface area contributed by atoms with Crippen LogP contribution in [0.1, 0.15) is 35.4 Å². The maximum Gasteiger partial charge on any atom is 0.412 e. The van der Waals surface area contributed by atoms with Crippen LogP contribution in [-0.2, 0) is 4.74 Å². The fourth-order valence-electron chi connectivity index (χ4n) is 3.37. The van der Waals surface area contributed by atoms with Crippen LogP contribution in [0.15, 0.2) is 72.8 Å². The molecule has 0 aliphatic carbocycles. The number of nitrogens with one attached hydrogen (secondary N) is 1. The van der Waals surface area contributed by atoms with E-state index < -0.39 is 18.3 Å². The van der Waals surface area contributed by atoms with Crippen molar-refractivity contribution in [2.75, 3.05) is 19.0 Å². The first kappa shape index (κ1) is 24.6. The molecule has 0 saturated carbocycles. The summed E-state index contributed by atoms with van der Waals surface area (Å²) < 4.78 is 16.9. The molecule has 0 spiro atoms. The number of amides is 1. The number of phenolic OH excluding ortho intramolecular Hbond substituents is 1. The third-order valence-electron chi connectivity index (χ3n) is 5.09. The Bertz CT molecular complexity index is 1100. The number of ketones is 1. The molecule has 178 valence electrons. The van der Waals surface area contributed by atoms with Crippen molar-refractivity contribution in [2.45, 2.75) is 25.6 Å². The fourth-order valence-corrected chi connectivity index (χ4v) is 3.37. The minimum absolute atomic E-state index is 0.0848. The second kappa shape index (κ2) is 11.7. The predicted molar refractivity (Wildman–Crippen MR) is 127 cm³/mol. The van der Waals surface area contributed by atoms with Gasteiger partial charge in [-0.05, 0) is 55.5 Å². The van der Waals surface area contributed by atoms with E-state index in [1.54, 1.807) is 60.7 Å². The largest absolute Gasteiger partial charge is 0.504 e. The Kier molecular flexibility index (Phi) is 8.48. The van der Waals surface area contributed by atoms with Gasteiger partial charge in [-0.3, -0.25) is 10.1 Å². The normalized spacial score (nSPS) is 12.3. The Balaban J connectivity index is 1.87. The number of hydrogen-bond donors (Lipinski definition) is 3. The standard InChI is InChI=1S/C26H27NO7/c1-17(29)18-8-11-20(12-9-18)27-26(31)34-25(19-10-13-23(32-2)22(30)16-19)24(14-15-28)33-21-6-4-3-5-7-21/h3-13,16,24-25,28,30H,14-15H2,1-2H3,(H,27,31)/t24-,25-/m0/s1. The van der Waals surface area contributed by atoms with E-state index in [1.807, 2.05) is 6.07 Å². The van der Waals surface area contributed by atoms with E-state index in [0.29, 0.717) is 22.6 Å². The molecule has 0 aliphatic rings. The highest BCUT2D eigenvalue weighted by Crippen LogP contribution is 2.34. The minimum Gasteiger partial charge on any atom is -0.504 e. The van der Waals surface area contributed by atoms with Crippen molar-refractivity contribution in [1.82, 2.24) is 0 Å². The molecule has 8 nitrogen and oxygen atoms in total. The monoisotopic (exact) mass is 465 g/mol. The molecule has 0 aromatic heterocycles. The van der Waals surface area contributed by atoms with Crippen molar-refractivity contribution in [3.05, 3.63) is 83.9 Å². The van der Waals surface area contributed by atoms with Gasteiger partial charge >= 0.3 is 6.09 Å². The summed E-state index contributed by atoms with van der Waals surface area (Å²) in [5.74, 6) is 0.586. The van der Waals surface area contributed by atoms with E-state index in [-0.39, 0.29) is 30.3 Å². The molecule has 2 atom stereocenters. The molecule has 0 bridgehead atoms. The second-order valence-corrected chi connectivity index (χ2v) is 7.50. The second-order valence-electron chi connectivity index (χ2n) is 7.50.